The van der Waals surface area contributed by atoms with E-state index in [1.807, 2.05) is 49.4 Å². The molecule has 1 aliphatic carbocycles. The number of hydrogen-bond donors (Lipinski definition) is 2. The predicted octanol–water partition coefficient (Wildman–Crippen LogP) is 3.83. The van der Waals surface area contributed by atoms with Crippen molar-refractivity contribution in [1.29, 1.82) is 0 Å². The van der Waals surface area contributed by atoms with Gasteiger partial charge < -0.3 is 15.2 Å². The van der Waals surface area contributed by atoms with Gasteiger partial charge in [0.25, 0.3) is 0 Å². The molecule has 0 radical (unpaired) electrons. The van der Waals surface area contributed by atoms with E-state index in [1.54, 1.807) is 0 Å². The molecule has 1 aromatic heterocycles. The van der Waals surface area contributed by atoms with E-state index < -0.39 is 12.1 Å². The van der Waals surface area contributed by atoms with Gasteiger partial charge in [0, 0.05) is 23.7 Å². The maximum atomic E-state index is 12.4. The van der Waals surface area contributed by atoms with E-state index in [-0.39, 0.29) is 19.1 Å². The zero-order valence-electron chi connectivity index (χ0n) is 16.3. The second-order valence-corrected chi connectivity index (χ2v) is 7.32. The lowest BCUT2D eigenvalue weighted by Crippen LogP contribution is -2.40. The van der Waals surface area contributed by atoms with Gasteiger partial charge in [0.05, 0.1) is 12.6 Å². The molecule has 1 heterocycles. The molecule has 2 aromatic carbocycles. The van der Waals surface area contributed by atoms with Crippen LogP contribution in [-0.4, -0.2) is 35.4 Å². The van der Waals surface area contributed by atoms with Crippen LogP contribution in [0.2, 0.25) is 0 Å². The molecular weight excluding hydrogens is 364 g/mol. The van der Waals surface area contributed by atoms with Crippen molar-refractivity contribution < 1.29 is 14.6 Å². The summed E-state index contributed by atoms with van der Waals surface area (Å²) in [5.74, 6) is 0.0131. The minimum Gasteiger partial charge on any atom is -0.449 e. The molecular formula is C24H24N2O3. The fourth-order valence-corrected chi connectivity index (χ4v) is 3.93. The summed E-state index contributed by atoms with van der Waals surface area (Å²) in [6.07, 6.45) is -0.0823. The number of hydrogen-bond acceptors (Lipinski definition) is 4. The summed E-state index contributed by atoms with van der Waals surface area (Å²) < 4.78 is 5.55. The Morgan fingerprint density at radius 2 is 1.69 bits per heavy atom. The average molecular weight is 388 g/mol. The number of carbonyl (C=O) groups excluding carboxylic acids is 1. The molecule has 0 saturated carbocycles. The highest BCUT2D eigenvalue weighted by molar-refractivity contribution is 5.79. The van der Waals surface area contributed by atoms with Crippen LogP contribution >= 0.6 is 0 Å². The predicted molar refractivity (Wildman–Crippen MR) is 112 cm³/mol. The van der Waals surface area contributed by atoms with Crippen LogP contribution in [0.15, 0.2) is 66.7 Å². The van der Waals surface area contributed by atoms with Crippen LogP contribution in [0.25, 0.3) is 11.1 Å². The fraction of sp³-hybridized carbons (Fsp3) is 0.250. The highest BCUT2D eigenvalue weighted by atomic mass is 16.5. The molecule has 1 aliphatic rings. The molecule has 0 fully saturated rings. The number of aryl methyl sites for hydroxylation is 1. The van der Waals surface area contributed by atoms with Gasteiger partial charge >= 0.3 is 6.09 Å². The molecule has 5 heteroatoms. The maximum absolute atomic E-state index is 12.4. The number of alkyl carbamates (subject to hydrolysis) is 1. The number of fused-ring (bicyclic) bond motifs is 3. The van der Waals surface area contributed by atoms with Gasteiger partial charge in [0.1, 0.15) is 6.61 Å². The summed E-state index contributed by atoms with van der Waals surface area (Å²) in [5, 5.41) is 12.4. The number of amides is 1. The van der Waals surface area contributed by atoms with E-state index in [1.165, 1.54) is 22.3 Å². The summed E-state index contributed by atoms with van der Waals surface area (Å²) in [6, 6.07) is 21.7. The van der Waals surface area contributed by atoms with Gasteiger partial charge in [-0.05, 0) is 41.3 Å². The van der Waals surface area contributed by atoms with Crippen molar-refractivity contribution in [1.82, 2.24) is 10.3 Å². The molecule has 2 N–H and O–H groups in total. The minimum absolute atomic E-state index is 0.0131. The first kappa shape index (κ1) is 19.2. The summed E-state index contributed by atoms with van der Waals surface area (Å²) in [6.45, 7) is 1.98. The molecule has 3 aromatic rings. The lowest BCUT2D eigenvalue weighted by Gasteiger charge is -2.18. The molecule has 1 unspecified atom stereocenters. The molecule has 0 saturated heterocycles. The van der Waals surface area contributed by atoms with Gasteiger partial charge in [-0.25, -0.2) is 4.79 Å². The van der Waals surface area contributed by atoms with E-state index in [9.17, 15) is 9.90 Å². The molecule has 148 valence electrons. The first-order chi connectivity index (χ1) is 14.2. The Morgan fingerprint density at radius 3 is 2.31 bits per heavy atom. The molecule has 29 heavy (non-hydrogen) atoms. The van der Waals surface area contributed by atoms with Crippen molar-refractivity contribution >= 4 is 6.09 Å². The molecule has 1 amide bonds. The van der Waals surface area contributed by atoms with Crippen LogP contribution in [0.4, 0.5) is 4.79 Å². The van der Waals surface area contributed by atoms with E-state index in [0.29, 0.717) is 6.42 Å². The second-order valence-electron chi connectivity index (χ2n) is 7.32. The van der Waals surface area contributed by atoms with Crippen LogP contribution in [0.5, 0.6) is 0 Å². The smallest absolute Gasteiger partial charge is 0.407 e. The number of nitrogens with zero attached hydrogens (tertiary/aromatic N) is 1. The Bertz CT molecular complexity index is 973. The number of ether oxygens (including phenoxy) is 1. The van der Waals surface area contributed by atoms with Gasteiger partial charge in [-0.3, -0.25) is 4.98 Å². The van der Waals surface area contributed by atoms with Crippen molar-refractivity contribution in [3.05, 3.63) is 89.2 Å². The zero-order valence-corrected chi connectivity index (χ0v) is 16.3. The van der Waals surface area contributed by atoms with E-state index >= 15 is 0 Å². The van der Waals surface area contributed by atoms with Crippen LogP contribution in [0, 0.1) is 6.92 Å². The molecule has 0 spiro atoms. The third-order valence-electron chi connectivity index (χ3n) is 5.29. The third kappa shape index (κ3) is 4.15. The summed E-state index contributed by atoms with van der Waals surface area (Å²) in [5.41, 5.74) is 6.45. The van der Waals surface area contributed by atoms with Gasteiger partial charge in [0.15, 0.2) is 0 Å². The van der Waals surface area contributed by atoms with Crippen LogP contribution in [-0.2, 0) is 11.2 Å². The Morgan fingerprint density at radius 1 is 1.03 bits per heavy atom. The van der Waals surface area contributed by atoms with Gasteiger partial charge in [-0.15, -0.1) is 0 Å². The zero-order chi connectivity index (χ0) is 20.2. The highest BCUT2D eigenvalue weighted by Gasteiger charge is 2.29. The first-order valence-corrected chi connectivity index (χ1v) is 9.80. The van der Waals surface area contributed by atoms with Crippen molar-refractivity contribution in [2.45, 2.75) is 25.3 Å². The molecule has 5 nitrogen and oxygen atoms in total. The van der Waals surface area contributed by atoms with Gasteiger partial charge in [-0.2, -0.15) is 0 Å². The van der Waals surface area contributed by atoms with E-state index in [2.05, 4.69) is 34.6 Å². The number of aliphatic hydroxyl groups excluding tert-OH is 1. The van der Waals surface area contributed by atoms with E-state index in [4.69, 9.17) is 4.74 Å². The third-order valence-corrected chi connectivity index (χ3v) is 5.29. The maximum Gasteiger partial charge on any atom is 0.407 e. The minimum atomic E-state index is -0.529. The number of rotatable bonds is 6. The number of carbonyl (C=O) groups is 1. The summed E-state index contributed by atoms with van der Waals surface area (Å²) in [4.78, 5) is 16.8. The lowest BCUT2D eigenvalue weighted by atomic mass is 9.98. The van der Waals surface area contributed by atoms with Crippen molar-refractivity contribution in [2.75, 3.05) is 13.2 Å². The number of aromatic nitrogens is 1. The highest BCUT2D eigenvalue weighted by Crippen LogP contribution is 2.44. The number of benzene rings is 2. The Balaban J connectivity index is 1.40. The molecule has 4 rings (SSSR count). The summed E-state index contributed by atoms with van der Waals surface area (Å²) >= 11 is 0. The van der Waals surface area contributed by atoms with Gasteiger partial charge in [-0.1, -0.05) is 54.6 Å². The molecule has 1 atom stereocenters. The standard InChI is InChI=1S/C24H24N2O3/c1-16-7-6-8-17(25-16)13-18(14-27)26-24(28)29-15-23-21-11-4-2-9-19(21)20-10-3-5-12-22(20)23/h2-12,18,23,27H,13-15H2,1H3,(H,26,28). The Kier molecular flexibility index (Phi) is 5.58. The topological polar surface area (TPSA) is 71.5 Å². The second kappa shape index (κ2) is 8.45. The number of nitrogens with one attached hydrogen (secondary N) is 1. The number of aliphatic hydroxyl groups is 1. The molecule has 0 aliphatic heterocycles. The largest absolute Gasteiger partial charge is 0.449 e. The fourth-order valence-electron chi connectivity index (χ4n) is 3.93. The van der Waals surface area contributed by atoms with Crippen molar-refractivity contribution in [3.63, 3.8) is 0 Å². The van der Waals surface area contributed by atoms with Crippen LogP contribution in [0.3, 0.4) is 0 Å². The van der Waals surface area contributed by atoms with Gasteiger partial charge in [0.2, 0.25) is 0 Å². The van der Waals surface area contributed by atoms with E-state index in [0.717, 1.165) is 11.4 Å². The van der Waals surface area contributed by atoms with Crippen molar-refractivity contribution in [3.8, 4) is 11.1 Å². The Labute approximate surface area is 170 Å². The number of pyridine rings is 1. The summed E-state index contributed by atoms with van der Waals surface area (Å²) in [7, 11) is 0. The lowest BCUT2D eigenvalue weighted by molar-refractivity contribution is 0.132. The monoisotopic (exact) mass is 388 g/mol. The van der Waals surface area contributed by atoms with Crippen molar-refractivity contribution in [2.24, 2.45) is 0 Å². The first-order valence-electron chi connectivity index (χ1n) is 9.80. The normalized spacial score (nSPS) is 13.4. The average Bonchev–Trinajstić information content (AvgIpc) is 3.06. The van der Waals surface area contributed by atoms with Crippen LogP contribution in [0.1, 0.15) is 28.4 Å². The SMILES string of the molecule is Cc1cccc(CC(CO)NC(=O)OCC2c3ccccc3-c3ccccc32)n1. The van der Waals surface area contributed by atoms with Crippen LogP contribution < -0.4 is 5.32 Å². The Hall–Kier alpha value is -3.18. The quantitative estimate of drug-likeness (QED) is 0.673. The molecule has 0 bridgehead atoms.